The van der Waals surface area contributed by atoms with Gasteiger partial charge in [-0.15, -0.1) is 0 Å². The maximum absolute atomic E-state index is 12.0. The van der Waals surface area contributed by atoms with Crippen molar-refractivity contribution < 1.29 is 13.2 Å². The van der Waals surface area contributed by atoms with Crippen molar-refractivity contribution in [1.29, 1.82) is 0 Å². The summed E-state index contributed by atoms with van der Waals surface area (Å²) in [6, 6.07) is 6.40. The third-order valence-electron chi connectivity index (χ3n) is 2.60. The van der Waals surface area contributed by atoms with Gasteiger partial charge in [-0.25, -0.2) is 8.42 Å². The second-order valence-electron chi connectivity index (χ2n) is 3.88. The number of carbonyl (C=O) groups is 1. The highest BCUT2D eigenvalue weighted by Gasteiger charge is 2.13. The molecule has 0 fully saturated rings. The molecule has 0 aromatic heterocycles. The Morgan fingerprint density at radius 1 is 1.21 bits per heavy atom. The first kappa shape index (κ1) is 16.0. The van der Waals surface area contributed by atoms with Gasteiger partial charge in [0.05, 0.1) is 0 Å². The van der Waals surface area contributed by atoms with Gasteiger partial charge in [-0.2, -0.15) is 0 Å². The quantitative estimate of drug-likeness (QED) is 0.801. The molecule has 0 aliphatic carbocycles. The number of anilines is 1. The molecule has 1 amide bonds. The van der Waals surface area contributed by atoms with E-state index in [9.17, 15) is 13.2 Å². The minimum atomic E-state index is -3.36. The van der Waals surface area contributed by atoms with E-state index in [0.717, 1.165) is 0 Å². The Morgan fingerprint density at radius 2 is 1.74 bits per heavy atom. The van der Waals surface area contributed by atoms with E-state index < -0.39 is 10.0 Å². The van der Waals surface area contributed by atoms with E-state index in [-0.39, 0.29) is 10.6 Å². The largest absolute Gasteiger partial charge is 0.339 e. The Bertz CT molecular complexity index is 524. The summed E-state index contributed by atoms with van der Waals surface area (Å²) in [6.45, 7) is 5.13. The van der Waals surface area contributed by atoms with Gasteiger partial charge in [0.2, 0.25) is 10.0 Å². The number of carbonyl (C=O) groups excluding carboxylic acids is 1. The van der Waals surface area contributed by atoms with Crippen LogP contribution in [0.4, 0.5) is 5.69 Å². The summed E-state index contributed by atoms with van der Waals surface area (Å²) in [5, 5.41) is 0. The summed E-state index contributed by atoms with van der Waals surface area (Å²) < 4.78 is 24.9. The average molecular weight is 349 g/mol. The van der Waals surface area contributed by atoms with Crippen LogP contribution < -0.4 is 4.72 Å². The maximum Gasteiger partial charge on any atom is 0.253 e. The Morgan fingerprint density at radius 3 is 2.16 bits per heavy atom. The van der Waals surface area contributed by atoms with Crippen LogP contribution in [0, 0.1) is 0 Å². The van der Waals surface area contributed by atoms with Gasteiger partial charge < -0.3 is 4.90 Å². The van der Waals surface area contributed by atoms with Crippen molar-refractivity contribution in [2.45, 2.75) is 13.8 Å². The Labute approximate surface area is 122 Å². The van der Waals surface area contributed by atoms with Gasteiger partial charge in [0.1, 0.15) is 4.66 Å². The van der Waals surface area contributed by atoms with Gasteiger partial charge in [-0.3, -0.25) is 9.52 Å². The van der Waals surface area contributed by atoms with Crippen LogP contribution in [0.25, 0.3) is 0 Å². The van der Waals surface area contributed by atoms with E-state index in [4.69, 9.17) is 0 Å². The molecule has 106 valence electrons. The lowest BCUT2D eigenvalue weighted by Crippen LogP contribution is -2.30. The van der Waals surface area contributed by atoms with Crippen molar-refractivity contribution in [1.82, 2.24) is 4.90 Å². The second kappa shape index (κ2) is 6.91. The minimum absolute atomic E-state index is 0.0556. The molecule has 1 rings (SSSR count). The van der Waals surface area contributed by atoms with Crippen molar-refractivity contribution >= 4 is 37.5 Å². The highest BCUT2D eigenvalue weighted by molar-refractivity contribution is 9.10. The van der Waals surface area contributed by atoms with Crippen molar-refractivity contribution in [3.8, 4) is 0 Å². The zero-order chi connectivity index (χ0) is 14.5. The monoisotopic (exact) mass is 348 g/mol. The summed E-state index contributed by atoms with van der Waals surface area (Å²) in [6.07, 6.45) is 0. The zero-order valence-corrected chi connectivity index (χ0v) is 13.3. The van der Waals surface area contributed by atoms with Crippen LogP contribution in [0.5, 0.6) is 0 Å². The summed E-state index contributed by atoms with van der Waals surface area (Å²) in [7, 11) is -3.36. The topological polar surface area (TPSA) is 66.5 Å². The van der Waals surface area contributed by atoms with E-state index in [1.54, 1.807) is 29.2 Å². The normalized spacial score (nSPS) is 11.1. The summed E-state index contributed by atoms with van der Waals surface area (Å²) >= 11 is 2.89. The maximum atomic E-state index is 12.0. The molecule has 0 unspecified atom stereocenters. The smallest absolute Gasteiger partial charge is 0.253 e. The predicted octanol–water partition coefficient (Wildman–Crippen LogP) is 2.26. The molecule has 0 bridgehead atoms. The Hall–Kier alpha value is -1.08. The number of rotatable bonds is 6. The molecule has 0 saturated heterocycles. The number of hydrogen-bond donors (Lipinski definition) is 1. The van der Waals surface area contributed by atoms with Crippen LogP contribution >= 0.6 is 15.9 Å². The standard InChI is InChI=1S/C12H17BrN2O3S/c1-3-15(4-2)12(16)10-5-7-11(8-6-10)14-19(17,18)9-13/h5-8,14H,3-4,9H2,1-2H3. The number of nitrogens with zero attached hydrogens (tertiary/aromatic N) is 1. The molecule has 19 heavy (non-hydrogen) atoms. The molecule has 0 heterocycles. The lowest BCUT2D eigenvalue weighted by atomic mass is 10.2. The SMILES string of the molecule is CCN(CC)C(=O)c1ccc(NS(=O)(=O)CBr)cc1. The first-order chi connectivity index (χ1) is 8.93. The highest BCUT2D eigenvalue weighted by atomic mass is 79.9. The zero-order valence-electron chi connectivity index (χ0n) is 10.9. The van der Waals surface area contributed by atoms with E-state index in [1.165, 1.54) is 0 Å². The van der Waals surface area contributed by atoms with Gasteiger partial charge in [-0.1, -0.05) is 15.9 Å². The first-order valence-corrected chi connectivity index (χ1v) is 8.66. The average Bonchev–Trinajstić information content (AvgIpc) is 2.40. The van der Waals surface area contributed by atoms with Crippen LogP contribution in [0.3, 0.4) is 0 Å². The van der Waals surface area contributed by atoms with Crippen LogP contribution in [0.15, 0.2) is 24.3 Å². The highest BCUT2D eigenvalue weighted by Crippen LogP contribution is 2.13. The molecule has 7 heteroatoms. The van der Waals surface area contributed by atoms with Gasteiger partial charge in [0.25, 0.3) is 5.91 Å². The fourth-order valence-corrected chi connectivity index (χ4v) is 2.47. The molecule has 0 aliphatic heterocycles. The molecule has 0 spiro atoms. The van der Waals surface area contributed by atoms with Crippen LogP contribution in [0.1, 0.15) is 24.2 Å². The van der Waals surface area contributed by atoms with Crippen molar-refractivity contribution in [3.05, 3.63) is 29.8 Å². The van der Waals surface area contributed by atoms with Crippen molar-refractivity contribution in [2.75, 3.05) is 22.5 Å². The van der Waals surface area contributed by atoms with E-state index in [1.807, 2.05) is 13.8 Å². The summed E-state index contributed by atoms with van der Waals surface area (Å²) in [5.74, 6) is -0.0556. The second-order valence-corrected chi connectivity index (χ2v) is 6.91. The molecule has 1 aromatic carbocycles. The van der Waals surface area contributed by atoms with E-state index >= 15 is 0 Å². The van der Waals surface area contributed by atoms with Crippen molar-refractivity contribution in [3.63, 3.8) is 0 Å². The summed E-state index contributed by atoms with van der Waals surface area (Å²) in [5.41, 5.74) is 0.987. The predicted molar refractivity (Wildman–Crippen MR) is 80.0 cm³/mol. The molecule has 1 N–H and O–H groups in total. The fraction of sp³-hybridized carbons (Fsp3) is 0.417. The molecular formula is C12H17BrN2O3S. The molecule has 0 aliphatic rings. The molecule has 5 nitrogen and oxygen atoms in total. The lowest BCUT2D eigenvalue weighted by molar-refractivity contribution is 0.0773. The van der Waals surface area contributed by atoms with Gasteiger partial charge in [-0.05, 0) is 38.1 Å². The molecular weight excluding hydrogens is 332 g/mol. The van der Waals surface area contributed by atoms with Gasteiger partial charge in [0.15, 0.2) is 0 Å². The van der Waals surface area contributed by atoms with Crippen molar-refractivity contribution in [2.24, 2.45) is 0 Å². The summed E-state index contributed by atoms with van der Waals surface area (Å²) in [4.78, 5) is 13.7. The van der Waals surface area contributed by atoms with Crippen LogP contribution in [-0.2, 0) is 10.0 Å². The number of alkyl halides is 1. The first-order valence-electron chi connectivity index (χ1n) is 5.89. The molecule has 0 saturated carbocycles. The number of nitrogens with one attached hydrogen (secondary N) is 1. The third kappa shape index (κ3) is 4.50. The minimum Gasteiger partial charge on any atom is -0.339 e. The number of benzene rings is 1. The number of sulfonamides is 1. The Kier molecular flexibility index (Phi) is 5.81. The molecule has 0 radical (unpaired) electrons. The van der Waals surface area contributed by atoms with E-state index in [0.29, 0.717) is 24.3 Å². The third-order valence-corrected chi connectivity index (χ3v) is 5.24. The Balaban J connectivity index is 2.85. The molecule has 0 atom stereocenters. The molecule has 1 aromatic rings. The van der Waals surface area contributed by atoms with E-state index in [2.05, 4.69) is 20.7 Å². The number of hydrogen-bond acceptors (Lipinski definition) is 3. The number of halogens is 1. The number of amides is 1. The van der Waals surface area contributed by atoms with Gasteiger partial charge in [0, 0.05) is 24.3 Å². The fourth-order valence-electron chi connectivity index (χ4n) is 1.58. The van der Waals surface area contributed by atoms with Crippen LogP contribution in [-0.4, -0.2) is 37.0 Å². The van der Waals surface area contributed by atoms with Gasteiger partial charge >= 0.3 is 0 Å². The van der Waals surface area contributed by atoms with Crippen LogP contribution in [0.2, 0.25) is 0 Å². The lowest BCUT2D eigenvalue weighted by Gasteiger charge is -2.18.